The van der Waals surface area contributed by atoms with Crippen molar-refractivity contribution in [1.82, 2.24) is 0 Å². The van der Waals surface area contributed by atoms with Gasteiger partial charge >= 0.3 is 59.7 Å². The Morgan fingerprint density at radius 1 is 0.306 bits per heavy atom. The molecule has 0 spiro atoms. The molecule has 147 heavy (non-hydrogen) atoms. The van der Waals surface area contributed by atoms with Crippen LogP contribution in [0.2, 0.25) is 0 Å². The maximum atomic E-state index is 12.7. The molecule has 7 aliphatic rings. The van der Waals surface area contributed by atoms with Gasteiger partial charge in [-0.2, -0.15) is 0 Å². The molecule has 0 aromatic heterocycles. The predicted molar refractivity (Wildman–Crippen MR) is 579 cm³/mol. The number of carbonyl (C=O) groups is 10. The highest BCUT2D eigenvalue weighted by Gasteiger charge is 2.54. The molecule has 0 saturated heterocycles. The van der Waals surface area contributed by atoms with Gasteiger partial charge in [-0.1, -0.05) is 257 Å². The highest BCUT2D eigenvalue weighted by atomic mass is 16.7. The predicted octanol–water partition coefficient (Wildman–Crippen LogP) is 27.9. The lowest BCUT2D eigenvalue weighted by Crippen LogP contribution is -2.48. The summed E-state index contributed by atoms with van der Waals surface area (Å²) >= 11 is 0. The summed E-state index contributed by atoms with van der Waals surface area (Å²) in [7, 11) is 7.88. The van der Waals surface area contributed by atoms with Crippen molar-refractivity contribution in [3.8, 4) is 0 Å². The van der Waals surface area contributed by atoms with E-state index < -0.39 is 12.6 Å². The van der Waals surface area contributed by atoms with Gasteiger partial charge in [-0.3, -0.25) is 47.9 Å². The number of carbonyl (C=O) groups excluding carboxylic acids is 10. The van der Waals surface area contributed by atoms with E-state index in [4.69, 9.17) is 80.5 Å². The largest absolute Gasteiger partial charge is 0.458 e. The Morgan fingerprint density at radius 2 is 0.626 bits per heavy atom. The van der Waals surface area contributed by atoms with Crippen molar-refractivity contribution < 1.29 is 138 Å². The fourth-order valence-corrected chi connectivity index (χ4v) is 17.2. The van der Waals surface area contributed by atoms with Crippen LogP contribution < -0.4 is 0 Å². The minimum atomic E-state index is -0.415. The molecule has 0 heterocycles. The average molecular weight is 2110 g/mol. The molecule has 7 aliphatic carbocycles. The number of rotatable bonds is 52. The first-order valence-electron chi connectivity index (χ1n) is 57.8. The summed E-state index contributed by atoms with van der Waals surface area (Å²) in [4.78, 5) is 115. The summed E-state index contributed by atoms with van der Waals surface area (Å²) in [6, 6.07) is 0. The summed E-state index contributed by atoms with van der Waals surface area (Å²) in [5, 5.41) is 0. The number of fused-ring (bicyclic) bond motifs is 2. The molecule has 29 nitrogen and oxygen atoms in total. The third kappa shape index (κ3) is 62.5. The fraction of sp³-hybridized carbons (Fsp3) is 0.915. The third-order valence-corrected chi connectivity index (χ3v) is 30.2. The van der Waals surface area contributed by atoms with Crippen LogP contribution in [0.3, 0.4) is 0 Å². The van der Waals surface area contributed by atoms with Crippen LogP contribution in [0.1, 0.15) is 465 Å². The van der Waals surface area contributed by atoms with Crippen LogP contribution >= 0.6 is 0 Å². The van der Waals surface area contributed by atoms with Gasteiger partial charge in [0.1, 0.15) is 5.60 Å². The molecule has 0 aromatic rings. The van der Waals surface area contributed by atoms with Crippen LogP contribution in [0.4, 0.5) is 0 Å². The SMILES string of the molecule is CCC(C)(C)C(=O)OC1(C2CC3CCC2C3)CCCCC1.CCC(C)C(=O)OC(OC)C(C)C.CCC(C)C(=O)OC(OC)C(CC)CC.CCC(C)C(=O)OC(OC)C1CCCC1.CCC(C)C(=O)OC(OC)C1CCCCC1.CCC(C)C(=O)OCOC.CCC(C)C(=O)OCOC1CCCCC1.CCOC(OC(=O)C(C)CC)C(C)C.CCOC(OC(=O)C(C)CC)C1CCCCC1.CCOCOC(=O)C(C)CC. The molecule has 0 aliphatic heterocycles. The van der Waals surface area contributed by atoms with Gasteiger partial charge in [0.2, 0.25) is 37.7 Å². The smallest absolute Gasteiger partial charge is 0.312 e. The number of methoxy groups -OCH3 is 5. The van der Waals surface area contributed by atoms with E-state index in [0.29, 0.717) is 55.5 Å². The Labute approximate surface area is 894 Å². The molecule has 2 bridgehead atoms. The lowest BCUT2D eigenvalue weighted by molar-refractivity contribution is -0.197. The van der Waals surface area contributed by atoms with Crippen LogP contribution in [-0.4, -0.2) is 185 Å². The molecular weight excluding hydrogens is 1880 g/mol. The van der Waals surface area contributed by atoms with Crippen LogP contribution in [0.25, 0.3) is 0 Å². The van der Waals surface area contributed by atoms with E-state index in [9.17, 15) is 47.9 Å². The van der Waals surface area contributed by atoms with E-state index in [0.717, 1.165) is 153 Å². The maximum absolute atomic E-state index is 12.7. The van der Waals surface area contributed by atoms with E-state index in [1.54, 1.807) is 28.4 Å². The Balaban J connectivity index is -0.00000158. The minimum Gasteiger partial charge on any atom is -0.458 e. The molecule has 18 unspecified atom stereocenters. The van der Waals surface area contributed by atoms with Gasteiger partial charge in [-0.25, -0.2) is 0 Å². The van der Waals surface area contributed by atoms with Gasteiger partial charge < -0.3 is 90.0 Å². The molecule has 0 N–H and O–H groups in total. The Kier molecular flexibility index (Phi) is 86.7. The molecule has 7 rings (SSSR count). The van der Waals surface area contributed by atoms with Gasteiger partial charge in [0, 0.05) is 96.8 Å². The standard InChI is InChI=1S/C19H32O2.C14H26O3.C13H24O3.2C12H22O3.C12H24O3.C11H22O3.C10H20O3.C8H16O3.C7H14O3/c1-4-18(2,3)17(20)21-19(10-6-5-7-11-19)16-13-14-8-9-15(16)12-14;1-4-11(3)13(15)17-14(16-5-2)12-9-7-6-8-10-12;1-4-10(2)12(14)16-13(15-3)11-8-6-5-7-9-11;1-4-9(2)11(13)15-12(14-3)10-7-5-6-8-10;1-3-10(2)12(13)15-9-14-11-7-5-4-6-8-11;1-6-9(4)11(13)15-12(14-5)10(7-2)8-3;1-6-9(5)10(12)14-11(8(3)4)13-7-2;1-6-8(4)9(11)13-10(12-5)7(2)3;1-4-7(3)8(9)11-6-10-5-2;1-4-6(2)7(8)10-5-9-3/h14-16H,4-13H2,1-3H3;11-12,14H,4-10H2,1-3H3;10-11,13H,4-9H2,1-3H3;9-10,12H,4-8H2,1-3H3;10-11H,3-9H2,1-2H3;9-10,12H,6-8H2,1-5H3;8-9,11H,6-7H2,1-5H3;7-8,10H,6H2,1-5H3;7H,4-6H2,1-3H3;6H,4-5H2,1-3H3. The highest BCUT2D eigenvalue weighted by Crippen LogP contribution is 2.57. The Bertz CT molecular complexity index is 3270. The lowest BCUT2D eigenvalue weighted by Gasteiger charge is -2.46. The second-order valence-corrected chi connectivity index (χ2v) is 42.9. The van der Waals surface area contributed by atoms with Crippen molar-refractivity contribution in [3.05, 3.63) is 0 Å². The van der Waals surface area contributed by atoms with Gasteiger partial charge in [-0.15, -0.1) is 0 Å². The average Bonchev–Trinajstić information content (AvgIpc) is 1.61. The van der Waals surface area contributed by atoms with Crippen molar-refractivity contribution in [2.24, 2.45) is 112 Å². The van der Waals surface area contributed by atoms with E-state index in [1.807, 2.05) is 187 Å². The van der Waals surface area contributed by atoms with Crippen LogP contribution in [0.15, 0.2) is 0 Å². The Morgan fingerprint density at radius 3 is 0.939 bits per heavy atom. The summed E-state index contributed by atoms with van der Waals surface area (Å²) in [5.74, 6) is 2.72. The first-order chi connectivity index (χ1) is 69.8. The van der Waals surface area contributed by atoms with Crippen LogP contribution in [0.5, 0.6) is 0 Å². The number of ether oxygens (including phenoxy) is 19. The molecule has 868 valence electrons. The first-order valence-corrected chi connectivity index (χ1v) is 57.8. The van der Waals surface area contributed by atoms with Crippen LogP contribution in [0, 0.1) is 112 Å². The maximum Gasteiger partial charge on any atom is 0.312 e. The molecule has 7 fully saturated rings. The zero-order valence-electron chi connectivity index (χ0n) is 99.8. The van der Waals surface area contributed by atoms with E-state index in [1.165, 1.54) is 123 Å². The minimum absolute atomic E-state index is 0.0139. The first kappa shape index (κ1) is 145. The van der Waals surface area contributed by atoms with Gasteiger partial charge in [-0.05, 0) is 220 Å². The zero-order valence-corrected chi connectivity index (χ0v) is 99.8. The van der Waals surface area contributed by atoms with Gasteiger partial charge in [0.05, 0.1) is 64.8 Å². The Hall–Kier alpha value is -5.66. The molecule has 0 amide bonds. The number of hydrogen-bond acceptors (Lipinski definition) is 29. The van der Waals surface area contributed by atoms with E-state index in [-0.39, 0.29) is 181 Å². The van der Waals surface area contributed by atoms with Crippen molar-refractivity contribution in [1.29, 1.82) is 0 Å². The summed E-state index contributed by atoms with van der Waals surface area (Å²) in [5.41, 5.74) is -0.441. The third-order valence-electron chi connectivity index (χ3n) is 30.2. The highest BCUT2D eigenvalue weighted by molar-refractivity contribution is 5.77. The second kappa shape index (κ2) is 87.6. The molecular formula is C118H222O29. The molecule has 18 atom stereocenters. The van der Waals surface area contributed by atoms with Crippen LogP contribution in [-0.2, 0) is 138 Å². The molecule has 29 heteroatoms. The summed E-state index contributed by atoms with van der Waals surface area (Å²) < 4.78 is 99.6. The fourth-order valence-electron chi connectivity index (χ4n) is 17.2. The molecule has 7 saturated carbocycles. The summed E-state index contributed by atoms with van der Waals surface area (Å²) in [6.07, 6.45) is 42.5. The van der Waals surface area contributed by atoms with Crippen molar-refractivity contribution in [2.75, 3.05) is 75.7 Å². The number of esters is 10. The molecule has 0 aromatic carbocycles. The van der Waals surface area contributed by atoms with E-state index in [2.05, 4.69) is 30.2 Å². The van der Waals surface area contributed by atoms with Crippen molar-refractivity contribution >= 4 is 59.7 Å². The zero-order chi connectivity index (χ0) is 112. The van der Waals surface area contributed by atoms with Gasteiger partial charge in [0.25, 0.3) is 0 Å². The quantitative estimate of drug-likeness (QED) is 0.0236. The van der Waals surface area contributed by atoms with Crippen molar-refractivity contribution in [2.45, 2.75) is 514 Å². The number of hydrogen-bond donors (Lipinski definition) is 0. The lowest BCUT2D eigenvalue weighted by atomic mass is 9.69. The van der Waals surface area contributed by atoms with Crippen molar-refractivity contribution in [3.63, 3.8) is 0 Å². The second-order valence-electron chi connectivity index (χ2n) is 42.9. The van der Waals surface area contributed by atoms with E-state index >= 15 is 0 Å². The summed E-state index contributed by atoms with van der Waals surface area (Å²) in [6.45, 7) is 60.5. The normalized spacial score (nSPS) is 20.1. The molecule has 0 radical (unpaired) electrons. The van der Waals surface area contributed by atoms with Gasteiger partial charge in [0.15, 0.2) is 20.4 Å². The monoisotopic (exact) mass is 2100 g/mol. The topological polar surface area (TPSA) is 346 Å².